The second-order valence-electron chi connectivity index (χ2n) is 4.79. The molecule has 0 aliphatic carbocycles. The Labute approximate surface area is 108 Å². The monoisotopic (exact) mass is 256 g/mol. The molecule has 102 valence electrons. The Kier molecular flexibility index (Phi) is 5.69. The third kappa shape index (κ3) is 3.75. The second kappa shape index (κ2) is 6.81. The maximum absolute atomic E-state index is 13.3. The summed E-state index contributed by atoms with van der Waals surface area (Å²) in [4.78, 5) is 2.17. The van der Waals surface area contributed by atoms with Crippen molar-refractivity contribution in [2.45, 2.75) is 39.3 Å². The fourth-order valence-corrected chi connectivity index (χ4v) is 2.26. The van der Waals surface area contributed by atoms with Crippen molar-refractivity contribution in [3.05, 3.63) is 35.4 Å². The van der Waals surface area contributed by atoms with Gasteiger partial charge in [-0.3, -0.25) is 4.90 Å². The first-order valence-corrected chi connectivity index (χ1v) is 6.41. The zero-order valence-corrected chi connectivity index (χ0v) is 11.3. The zero-order chi connectivity index (χ0) is 13.7. The number of hydrogen-bond donors (Lipinski definition) is 1. The average molecular weight is 256 g/mol. The van der Waals surface area contributed by atoms with Crippen LogP contribution in [0.1, 0.15) is 38.8 Å². The van der Waals surface area contributed by atoms with Crippen LogP contribution in [0.25, 0.3) is 0 Å². The summed E-state index contributed by atoms with van der Waals surface area (Å²) in [5.74, 6) is -1.10. The Hall–Kier alpha value is -1.00. The topological polar surface area (TPSA) is 29.3 Å². The molecular formula is C14H22F2N2. The van der Waals surface area contributed by atoms with Crippen LogP contribution in [0, 0.1) is 11.6 Å². The summed E-state index contributed by atoms with van der Waals surface area (Å²) in [6, 6.07) is 3.76. The van der Waals surface area contributed by atoms with Crippen molar-refractivity contribution in [3.8, 4) is 0 Å². The molecule has 0 aliphatic heterocycles. The molecule has 1 aromatic carbocycles. The van der Waals surface area contributed by atoms with Gasteiger partial charge in [-0.25, -0.2) is 8.78 Å². The molecular weight excluding hydrogens is 234 g/mol. The predicted molar refractivity (Wildman–Crippen MR) is 70.3 cm³/mol. The van der Waals surface area contributed by atoms with Crippen LogP contribution in [0.3, 0.4) is 0 Å². The molecule has 2 nitrogen and oxygen atoms in total. The van der Waals surface area contributed by atoms with E-state index in [0.717, 1.165) is 19.0 Å². The molecule has 18 heavy (non-hydrogen) atoms. The van der Waals surface area contributed by atoms with Crippen LogP contribution in [-0.2, 0) is 0 Å². The second-order valence-corrected chi connectivity index (χ2v) is 4.79. The molecule has 0 aliphatic rings. The quantitative estimate of drug-likeness (QED) is 0.847. The van der Waals surface area contributed by atoms with Crippen LogP contribution in [0.5, 0.6) is 0 Å². The normalized spacial score (nSPS) is 13.3. The van der Waals surface area contributed by atoms with Gasteiger partial charge in [0.05, 0.1) is 0 Å². The minimum absolute atomic E-state index is 0.143. The molecule has 2 N–H and O–H groups in total. The molecule has 0 saturated carbocycles. The molecule has 0 saturated heterocycles. The van der Waals surface area contributed by atoms with Gasteiger partial charge in [0.1, 0.15) is 11.6 Å². The Balaban J connectivity index is 3.06. The largest absolute Gasteiger partial charge is 0.329 e. The molecule has 0 amide bonds. The van der Waals surface area contributed by atoms with Crippen LogP contribution in [0.4, 0.5) is 8.78 Å². The van der Waals surface area contributed by atoms with E-state index >= 15 is 0 Å². The van der Waals surface area contributed by atoms with E-state index in [1.54, 1.807) is 0 Å². The van der Waals surface area contributed by atoms with Gasteiger partial charge in [0.25, 0.3) is 0 Å². The summed E-state index contributed by atoms with van der Waals surface area (Å²) in [6.45, 7) is 7.41. The average Bonchev–Trinajstić information content (AvgIpc) is 2.27. The van der Waals surface area contributed by atoms with Crippen LogP contribution in [-0.4, -0.2) is 24.0 Å². The Morgan fingerprint density at radius 3 is 2.11 bits per heavy atom. The van der Waals surface area contributed by atoms with Gasteiger partial charge in [-0.05, 0) is 44.5 Å². The fourth-order valence-electron chi connectivity index (χ4n) is 2.26. The first-order valence-electron chi connectivity index (χ1n) is 6.41. The molecule has 1 aromatic rings. The van der Waals surface area contributed by atoms with Crippen molar-refractivity contribution in [1.29, 1.82) is 0 Å². The Morgan fingerprint density at radius 1 is 1.17 bits per heavy atom. The van der Waals surface area contributed by atoms with E-state index < -0.39 is 11.6 Å². The van der Waals surface area contributed by atoms with E-state index in [1.807, 2.05) is 0 Å². The molecule has 1 atom stereocenters. The van der Waals surface area contributed by atoms with Crippen molar-refractivity contribution in [3.63, 3.8) is 0 Å². The lowest BCUT2D eigenvalue weighted by molar-refractivity contribution is 0.157. The van der Waals surface area contributed by atoms with Gasteiger partial charge in [0.2, 0.25) is 0 Å². The fraction of sp³-hybridized carbons (Fsp3) is 0.571. The SMILES string of the molecule is CCCN(C(C)C)C(CN)c1cc(F)cc(F)c1. The van der Waals surface area contributed by atoms with Gasteiger partial charge in [0, 0.05) is 24.7 Å². The number of nitrogens with two attached hydrogens (primary N) is 1. The van der Waals surface area contributed by atoms with E-state index in [-0.39, 0.29) is 12.1 Å². The van der Waals surface area contributed by atoms with E-state index in [4.69, 9.17) is 5.73 Å². The lowest BCUT2D eigenvalue weighted by atomic mass is 10.0. The molecule has 0 aromatic heterocycles. The summed E-state index contributed by atoms with van der Waals surface area (Å²) in [5, 5.41) is 0. The molecule has 0 bridgehead atoms. The molecule has 1 unspecified atom stereocenters. The highest BCUT2D eigenvalue weighted by Crippen LogP contribution is 2.24. The van der Waals surface area contributed by atoms with Crippen LogP contribution in [0.2, 0.25) is 0 Å². The van der Waals surface area contributed by atoms with E-state index in [2.05, 4.69) is 25.7 Å². The molecule has 0 fully saturated rings. The number of benzene rings is 1. The standard InChI is InChI=1S/C14H22F2N2/c1-4-5-18(10(2)3)14(9-17)11-6-12(15)8-13(16)7-11/h6-8,10,14H,4-5,9,17H2,1-3H3. The minimum Gasteiger partial charge on any atom is -0.329 e. The summed E-state index contributed by atoms with van der Waals surface area (Å²) in [5.41, 5.74) is 6.40. The van der Waals surface area contributed by atoms with E-state index in [0.29, 0.717) is 12.1 Å². The van der Waals surface area contributed by atoms with Gasteiger partial charge >= 0.3 is 0 Å². The summed E-state index contributed by atoms with van der Waals surface area (Å²) in [7, 11) is 0. The zero-order valence-electron chi connectivity index (χ0n) is 11.3. The van der Waals surface area contributed by atoms with Gasteiger partial charge < -0.3 is 5.73 Å². The number of nitrogens with zero attached hydrogens (tertiary/aromatic N) is 1. The highest BCUT2D eigenvalue weighted by Gasteiger charge is 2.21. The molecule has 0 spiro atoms. The summed E-state index contributed by atoms with van der Waals surface area (Å²) >= 11 is 0. The van der Waals surface area contributed by atoms with Crippen molar-refractivity contribution in [1.82, 2.24) is 4.90 Å². The number of rotatable bonds is 6. The minimum atomic E-state index is -0.552. The number of halogens is 2. The Bertz CT molecular complexity index is 360. The summed E-state index contributed by atoms with van der Waals surface area (Å²) < 4.78 is 26.6. The predicted octanol–water partition coefficient (Wildman–Crippen LogP) is 3.09. The smallest absolute Gasteiger partial charge is 0.126 e. The third-order valence-electron chi connectivity index (χ3n) is 3.04. The maximum atomic E-state index is 13.3. The van der Waals surface area contributed by atoms with Crippen LogP contribution < -0.4 is 5.73 Å². The molecule has 0 heterocycles. The van der Waals surface area contributed by atoms with Gasteiger partial charge in [-0.1, -0.05) is 6.92 Å². The van der Waals surface area contributed by atoms with Crippen molar-refractivity contribution >= 4 is 0 Å². The van der Waals surface area contributed by atoms with E-state index in [1.165, 1.54) is 12.1 Å². The van der Waals surface area contributed by atoms with Gasteiger partial charge in [-0.15, -0.1) is 0 Å². The first-order chi connectivity index (χ1) is 8.49. The van der Waals surface area contributed by atoms with Gasteiger partial charge in [0.15, 0.2) is 0 Å². The molecule has 4 heteroatoms. The summed E-state index contributed by atoms with van der Waals surface area (Å²) in [6.07, 6.45) is 0.979. The molecule has 1 rings (SSSR count). The van der Waals surface area contributed by atoms with E-state index in [9.17, 15) is 8.78 Å². The molecule has 0 radical (unpaired) electrons. The van der Waals surface area contributed by atoms with Gasteiger partial charge in [-0.2, -0.15) is 0 Å². The third-order valence-corrected chi connectivity index (χ3v) is 3.04. The van der Waals surface area contributed by atoms with Crippen LogP contribution in [0.15, 0.2) is 18.2 Å². The van der Waals surface area contributed by atoms with Crippen molar-refractivity contribution < 1.29 is 8.78 Å². The highest BCUT2D eigenvalue weighted by atomic mass is 19.1. The lowest BCUT2D eigenvalue weighted by Gasteiger charge is -2.34. The Morgan fingerprint density at radius 2 is 1.72 bits per heavy atom. The maximum Gasteiger partial charge on any atom is 0.126 e. The van der Waals surface area contributed by atoms with Crippen molar-refractivity contribution in [2.75, 3.05) is 13.1 Å². The number of hydrogen-bond acceptors (Lipinski definition) is 2. The lowest BCUT2D eigenvalue weighted by Crippen LogP contribution is -2.39. The van der Waals surface area contributed by atoms with Crippen molar-refractivity contribution in [2.24, 2.45) is 5.73 Å². The van der Waals surface area contributed by atoms with Crippen LogP contribution >= 0.6 is 0 Å². The highest BCUT2D eigenvalue weighted by molar-refractivity contribution is 5.22. The first kappa shape index (κ1) is 15.1.